The van der Waals surface area contributed by atoms with E-state index < -0.39 is 39.8 Å². The third kappa shape index (κ3) is 4.31. The van der Waals surface area contributed by atoms with Crippen molar-refractivity contribution in [3.63, 3.8) is 0 Å². The lowest BCUT2D eigenvalue weighted by Crippen LogP contribution is -2.40. The van der Waals surface area contributed by atoms with Crippen LogP contribution in [-0.2, 0) is 25.9 Å². The number of rotatable bonds is 5. The van der Waals surface area contributed by atoms with Gasteiger partial charge in [0.15, 0.2) is 16.4 Å². The van der Waals surface area contributed by atoms with Crippen LogP contribution in [0.25, 0.3) is 11.0 Å². The van der Waals surface area contributed by atoms with Crippen molar-refractivity contribution in [1.29, 1.82) is 0 Å². The molecule has 1 aliphatic rings. The molecule has 0 saturated carbocycles. The number of carbonyl (C=O) groups is 2. The number of aromatic nitrogens is 2. The predicted octanol–water partition coefficient (Wildman–Crippen LogP) is 0.527. The molecule has 2 aromatic rings. The summed E-state index contributed by atoms with van der Waals surface area (Å²) in [6.45, 7) is 3.59. The Morgan fingerprint density at radius 1 is 1.34 bits per heavy atom. The van der Waals surface area contributed by atoms with Gasteiger partial charge < -0.3 is 14.2 Å². The van der Waals surface area contributed by atoms with Crippen molar-refractivity contribution < 1.29 is 22.7 Å². The lowest BCUT2D eigenvalue weighted by molar-refractivity contribution is -0.134. The SMILES string of the molecule is CCn1cc(C(=O)OCC(=O)N(C)[C@@H]2CCS(=O)(=O)C2)c(=O)c2ccc(C)nc21. The van der Waals surface area contributed by atoms with E-state index in [2.05, 4.69) is 4.98 Å². The fraction of sp³-hybridized carbons (Fsp3) is 0.474. The minimum Gasteiger partial charge on any atom is -0.452 e. The minimum absolute atomic E-state index is 0.0379. The fourth-order valence-electron chi connectivity index (χ4n) is 3.34. The van der Waals surface area contributed by atoms with Crippen LogP contribution in [0.15, 0.2) is 23.1 Å². The van der Waals surface area contributed by atoms with Gasteiger partial charge in [0.1, 0.15) is 11.2 Å². The quantitative estimate of drug-likeness (QED) is 0.647. The van der Waals surface area contributed by atoms with Crippen LogP contribution in [0.5, 0.6) is 0 Å². The number of aryl methyl sites for hydroxylation is 2. The number of ether oxygens (including phenoxy) is 1. The molecule has 0 spiro atoms. The van der Waals surface area contributed by atoms with Gasteiger partial charge in [-0.25, -0.2) is 18.2 Å². The van der Waals surface area contributed by atoms with Crippen molar-refractivity contribution in [1.82, 2.24) is 14.5 Å². The van der Waals surface area contributed by atoms with Gasteiger partial charge in [0.05, 0.1) is 16.9 Å². The molecule has 3 heterocycles. The Morgan fingerprint density at radius 3 is 2.69 bits per heavy atom. The van der Waals surface area contributed by atoms with Crippen LogP contribution in [0.1, 0.15) is 29.4 Å². The average Bonchev–Trinajstić information content (AvgIpc) is 3.05. The van der Waals surface area contributed by atoms with E-state index in [1.807, 2.05) is 13.8 Å². The number of pyridine rings is 2. The number of esters is 1. The number of fused-ring (bicyclic) bond motifs is 1. The Bertz CT molecular complexity index is 1140. The second kappa shape index (κ2) is 7.94. The van der Waals surface area contributed by atoms with Gasteiger partial charge >= 0.3 is 5.97 Å². The lowest BCUT2D eigenvalue weighted by Gasteiger charge is -2.23. The Kier molecular flexibility index (Phi) is 5.74. The molecule has 1 atom stereocenters. The van der Waals surface area contributed by atoms with Gasteiger partial charge in [-0.05, 0) is 32.4 Å². The van der Waals surface area contributed by atoms with Gasteiger partial charge in [0.2, 0.25) is 5.43 Å². The summed E-state index contributed by atoms with van der Waals surface area (Å²) >= 11 is 0. The fourth-order valence-corrected chi connectivity index (χ4v) is 5.11. The Labute approximate surface area is 168 Å². The smallest absolute Gasteiger partial charge is 0.344 e. The highest BCUT2D eigenvalue weighted by molar-refractivity contribution is 7.91. The first-order valence-electron chi connectivity index (χ1n) is 9.27. The van der Waals surface area contributed by atoms with Crippen molar-refractivity contribution in [2.75, 3.05) is 25.2 Å². The Hall–Kier alpha value is -2.75. The first-order chi connectivity index (χ1) is 13.6. The third-order valence-electron chi connectivity index (χ3n) is 5.10. The minimum atomic E-state index is -3.14. The number of likely N-dealkylation sites (N-methyl/N-ethyl adjacent to an activating group) is 1. The van der Waals surface area contributed by atoms with E-state index in [1.54, 1.807) is 16.7 Å². The zero-order valence-corrected chi connectivity index (χ0v) is 17.4. The number of nitrogens with zero attached hydrogens (tertiary/aromatic N) is 3. The van der Waals surface area contributed by atoms with Gasteiger partial charge in [-0.1, -0.05) is 0 Å². The molecule has 0 aliphatic carbocycles. The number of amides is 1. The molecule has 0 aromatic carbocycles. The van der Waals surface area contributed by atoms with Gasteiger partial charge in [-0.15, -0.1) is 0 Å². The Morgan fingerprint density at radius 2 is 2.07 bits per heavy atom. The molecule has 29 heavy (non-hydrogen) atoms. The maximum atomic E-state index is 12.7. The molecule has 0 bridgehead atoms. The first kappa shape index (κ1) is 21.0. The van der Waals surface area contributed by atoms with Crippen LogP contribution in [0.3, 0.4) is 0 Å². The topological polar surface area (TPSA) is 116 Å². The highest BCUT2D eigenvalue weighted by atomic mass is 32.2. The van der Waals surface area contributed by atoms with Crippen LogP contribution in [0.4, 0.5) is 0 Å². The number of hydrogen-bond donors (Lipinski definition) is 0. The van der Waals surface area contributed by atoms with Crippen molar-refractivity contribution in [3.8, 4) is 0 Å². The highest BCUT2D eigenvalue weighted by Gasteiger charge is 2.33. The summed E-state index contributed by atoms with van der Waals surface area (Å²) in [4.78, 5) is 43.1. The molecule has 0 radical (unpaired) electrons. The van der Waals surface area contributed by atoms with Gasteiger partial charge in [0.25, 0.3) is 5.91 Å². The van der Waals surface area contributed by atoms with Crippen LogP contribution in [0, 0.1) is 6.92 Å². The van der Waals surface area contributed by atoms with E-state index in [0.29, 0.717) is 24.0 Å². The van der Waals surface area contributed by atoms with Crippen LogP contribution < -0.4 is 5.43 Å². The van der Waals surface area contributed by atoms with E-state index in [0.717, 1.165) is 5.69 Å². The summed E-state index contributed by atoms with van der Waals surface area (Å²) in [5.74, 6) is -1.48. The number of hydrogen-bond acceptors (Lipinski definition) is 7. The van der Waals surface area contributed by atoms with Crippen LogP contribution in [0.2, 0.25) is 0 Å². The highest BCUT2D eigenvalue weighted by Crippen LogP contribution is 2.17. The summed E-state index contributed by atoms with van der Waals surface area (Å²) in [5, 5.41) is 0.298. The van der Waals surface area contributed by atoms with Crippen molar-refractivity contribution in [3.05, 3.63) is 39.8 Å². The summed E-state index contributed by atoms with van der Waals surface area (Å²) in [5.41, 5.74) is 0.540. The summed E-state index contributed by atoms with van der Waals surface area (Å²) < 4.78 is 29.9. The molecular formula is C19H23N3O6S. The number of carbonyl (C=O) groups excluding carboxylic acids is 2. The molecule has 0 N–H and O–H groups in total. The molecule has 3 rings (SSSR count). The van der Waals surface area contributed by atoms with E-state index in [4.69, 9.17) is 4.74 Å². The molecule has 1 saturated heterocycles. The molecule has 1 amide bonds. The van der Waals surface area contributed by atoms with E-state index >= 15 is 0 Å². The molecule has 9 nitrogen and oxygen atoms in total. The van der Waals surface area contributed by atoms with Gasteiger partial charge in [-0.2, -0.15) is 0 Å². The summed E-state index contributed by atoms with van der Waals surface area (Å²) in [6, 6.07) is 2.87. The summed E-state index contributed by atoms with van der Waals surface area (Å²) in [6.07, 6.45) is 1.74. The van der Waals surface area contributed by atoms with Gasteiger partial charge in [0, 0.05) is 31.5 Å². The average molecular weight is 421 g/mol. The molecule has 10 heteroatoms. The molecule has 2 aromatic heterocycles. The van der Waals surface area contributed by atoms with Crippen molar-refractivity contribution in [2.24, 2.45) is 0 Å². The third-order valence-corrected chi connectivity index (χ3v) is 6.85. The number of sulfone groups is 1. The zero-order chi connectivity index (χ0) is 21.3. The standard InChI is InChI=1S/C19H23N3O6S/c1-4-22-9-15(17(24)14-6-5-12(2)20-18(14)22)19(25)28-10-16(23)21(3)13-7-8-29(26,27)11-13/h5-6,9,13H,4,7-8,10-11H2,1-3H3/t13-/m1/s1. The Balaban J connectivity index is 1.76. The zero-order valence-electron chi connectivity index (χ0n) is 16.5. The van der Waals surface area contributed by atoms with E-state index in [1.165, 1.54) is 18.1 Å². The van der Waals surface area contributed by atoms with Crippen molar-refractivity contribution in [2.45, 2.75) is 32.9 Å². The molecule has 1 aliphatic heterocycles. The summed E-state index contributed by atoms with van der Waals surface area (Å²) in [7, 11) is -1.66. The van der Waals surface area contributed by atoms with Crippen molar-refractivity contribution >= 4 is 32.7 Å². The van der Waals surface area contributed by atoms with Crippen LogP contribution in [-0.4, -0.2) is 65.9 Å². The molecule has 1 fully saturated rings. The van der Waals surface area contributed by atoms with E-state index in [-0.39, 0.29) is 17.1 Å². The van der Waals surface area contributed by atoms with Crippen LogP contribution >= 0.6 is 0 Å². The van der Waals surface area contributed by atoms with Gasteiger partial charge in [-0.3, -0.25) is 9.59 Å². The second-order valence-corrected chi connectivity index (χ2v) is 9.35. The van der Waals surface area contributed by atoms with E-state index in [9.17, 15) is 22.8 Å². The normalized spacial score (nSPS) is 18.0. The molecule has 0 unspecified atom stereocenters. The second-order valence-electron chi connectivity index (χ2n) is 7.12. The maximum Gasteiger partial charge on any atom is 0.344 e. The molecule has 156 valence electrons. The molecular weight excluding hydrogens is 398 g/mol. The first-order valence-corrected chi connectivity index (χ1v) is 11.1. The lowest BCUT2D eigenvalue weighted by atomic mass is 10.2. The monoisotopic (exact) mass is 421 g/mol. The predicted molar refractivity (Wildman–Crippen MR) is 107 cm³/mol. The largest absolute Gasteiger partial charge is 0.452 e. The maximum absolute atomic E-state index is 12.7.